The number of nitrogens with one attached hydrogen (secondary N) is 1. The van der Waals surface area contributed by atoms with Gasteiger partial charge >= 0.3 is 12.3 Å². The second-order valence-electron chi connectivity index (χ2n) is 10.2. The van der Waals surface area contributed by atoms with E-state index in [1.165, 1.54) is 7.11 Å². The Morgan fingerprint density at radius 3 is 2.46 bits per heavy atom. The lowest BCUT2D eigenvalue weighted by molar-refractivity contribution is -0.143. The number of carbonyl (C=O) groups excluding carboxylic acids is 2. The Morgan fingerprint density at radius 2 is 1.84 bits per heavy atom. The van der Waals surface area contributed by atoms with Crippen LogP contribution in [-0.4, -0.2) is 83.0 Å². The van der Waals surface area contributed by atoms with Gasteiger partial charge in [-0.15, -0.1) is 0 Å². The van der Waals surface area contributed by atoms with Crippen LogP contribution in [0.3, 0.4) is 0 Å². The molecule has 10 nitrogen and oxygen atoms in total. The van der Waals surface area contributed by atoms with Crippen LogP contribution in [0.4, 0.5) is 18.0 Å². The zero-order valence-corrected chi connectivity index (χ0v) is 21.7. The van der Waals surface area contributed by atoms with Gasteiger partial charge in [0, 0.05) is 37.5 Å². The van der Waals surface area contributed by atoms with Gasteiger partial charge in [-0.25, -0.2) is 4.79 Å². The summed E-state index contributed by atoms with van der Waals surface area (Å²) in [5.74, 6) is 0.0853. The average Bonchev–Trinajstić information content (AvgIpc) is 3.32. The largest absolute Gasteiger partial charge is 0.495 e. The Morgan fingerprint density at radius 1 is 1.14 bits per heavy atom. The molecule has 1 aliphatic rings. The number of rotatable bonds is 6. The number of pyridine rings is 1. The van der Waals surface area contributed by atoms with Crippen molar-refractivity contribution in [1.29, 1.82) is 0 Å². The molecule has 3 rings (SSSR count). The minimum absolute atomic E-state index is 0.0489. The molecular weight excluding hydrogens is 495 g/mol. The van der Waals surface area contributed by atoms with E-state index in [-0.39, 0.29) is 13.1 Å². The molecule has 0 unspecified atom stereocenters. The van der Waals surface area contributed by atoms with Crippen LogP contribution in [0.5, 0.6) is 5.75 Å². The maximum absolute atomic E-state index is 12.8. The van der Waals surface area contributed by atoms with E-state index >= 15 is 0 Å². The molecule has 13 heteroatoms. The quantitative estimate of drug-likeness (QED) is 0.607. The van der Waals surface area contributed by atoms with Gasteiger partial charge in [0.1, 0.15) is 29.6 Å². The predicted molar refractivity (Wildman–Crippen MR) is 127 cm³/mol. The minimum atomic E-state index is -4.59. The Bertz CT molecular complexity index is 1110. The van der Waals surface area contributed by atoms with Gasteiger partial charge in [-0.2, -0.15) is 13.2 Å². The third kappa shape index (κ3) is 7.12. The molecular formula is C24H32F3N5O5. The van der Waals surface area contributed by atoms with Crippen LogP contribution in [0.15, 0.2) is 29.0 Å². The zero-order valence-electron chi connectivity index (χ0n) is 21.7. The van der Waals surface area contributed by atoms with Crippen molar-refractivity contribution in [2.45, 2.75) is 58.0 Å². The normalized spacial score (nSPS) is 17.4. The second-order valence-corrected chi connectivity index (χ2v) is 10.2. The van der Waals surface area contributed by atoms with E-state index in [1.807, 2.05) is 24.1 Å². The van der Waals surface area contributed by atoms with Crippen molar-refractivity contribution in [2.24, 2.45) is 0 Å². The summed E-state index contributed by atoms with van der Waals surface area (Å²) in [6.07, 6.45) is -2.20. The van der Waals surface area contributed by atoms with E-state index in [0.29, 0.717) is 29.3 Å². The van der Waals surface area contributed by atoms with Crippen molar-refractivity contribution < 1.29 is 36.8 Å². The number of hydrogen-bond acceptors (Lipinski definition) is 8. The number of methoxy groups -OCH3 is 1. The predicted octanol–water partition coefficient (Wildman–Crippen LogP) is 3.58. The molecule has 0 spiro atoms. The molecule has 0 saturated carbocycles. The van der Waals surface area contributed by atoms with Crippen molar-refractivity contribution in [2.75, 3.05) is 33.3 Å². The van der Waals surface area contributed by atoms with Crippen LogP contribution in [0.1, 0.15) is 40.4 Å². The number of alkyl halides is 3. The fraction of sp³-hybridized carbons (Fsp3) is 0.583. The number of carbonyl (C=O) groups is 2. The van der Waals surface area contributed by atoms with E-state index in [2.05, 4.69) is 10.1 Å². The Balaban J connectivity index is 1.84. The van der Waals surface area contributed by atoms with E-state index in [0.717, 1.165) is 4.90 Å². The maximum atomic E-state index is 12.8. The first-order chi connectivity index (χ1) is 17.1. The molecule has 1 N–H and O–H groups in total. The van der Waals surface area contributed by atoms with Crippen molar-refractivity contribution in [3.05, 3.63) is 30.3 Å². The van der Waals surface area contributed by atoms with Crippen LogP contribution in [0.2, 0.25) is 0 Å². The zero-order chi connectivity index (χ0) is 27.6. The number of nitrogens with zero attached hydrogens (tertiary/aromatic N) is 4. The first kappa shape index (κ1) is 28.2. The van der Waals surface area contributed by atoms with Crippen LogP contribution in [0.25, 0.3) is 11.3 Å². The maximum Gasteiger partial charge on any atom is 0.411 e. The Kier molecular flexibility index (Phi) is 8.06. The van der Waals surface area contributed by atoms with Gasteiger partial charge in [-0.05, 0) is 40.7 Å². The summed E-state index contributed by atoms with van der Waals surface area (Å²) in [5.41, 5.74) is -0.475. The summed E-state index contributed by atoms with van der Waals surface area (Å²) in [6.45, 7) is 7.51. The molecule has 204 valence electrons. The number of aromatic nitrogens is 2. The third-order valence-corrected chi connectivity index (χ3v) is 5.92. The fourth-order valence-electron chi connectivity index (χ4n) is 3.89. The number of halogens is 3. The van der Waals surface area contributed by atoms with Gasteiger partial charge in [0.25, 0.3) is 0 Å². The van der Waals surface area contributed by atoms with Crippen LogP contribution < -0.4 is 10.1 Å². The Labute approximate surface area is 213 Å². The van der Waals surface area contributed by atoms with Crippen molar-refractivity contribution in [1.82, 2.24) is 25.3 Å². The molecule has 0 bridgehead atoms. The lowest BCUT2D eigenvalue weighted by Crippen LogP contribution is -2.64. The molecule has 0 radical (unpaired) electrons. The van der Waals surface area contributed by atoms with E-state index in [1.54, 1.807) is 45.3 Å². The fourth-order valence-corrected chi connectivity index (χ4v) is 3.89. The molecule has 1 saturated heterocycles. The lowest BCUT2D eigenvalue weighted by Gasteiger charge is -2.46. The van der Waals surface area contributed by atoms with Gasteiger partial charge in [0.15, 0.2) is 5.76 Å². The molecule has 1 atom stereocenters. The van der Waals surface area contributed by atoms with Gasteiger partial charge in [-0.3, -0.25) is 19.6 Å². The SMILES string of the molecule is COc1cncc(-c2cc(C(C)(C)N3CCN(C(=O)OC(C)(C)C)[C@H](C(=O)NCC(F)(F)F)C3)on2)c1. The highest BCUT2D eigenvalue weighted by Crippen LogP contribution is 2.33. The van der Waals surface area contributed by atoms with Crippen LogP contribution >= 0.6 is 0 Å². The summed E-state index contributed by atoms with van der Waals surface area (Å²) >= 11 is 0. The molecule has 1 fully saturated rings. The van der Waals surface area contributed by atoms with E-state index in [4.69, 9.17) is 14.0 Å². The second kappa shape index (κ2) is 10.6. The van der Waals surface area contributed by atoms with Crippen molar-refractivity contribution in [3.63, 3.8) is 0 Å². The molecule has 2 aromatic rings. The summed E-state index contributed by atoms with van der Waals surface area (Å²) < 4.78 is 54.6. The van der Waals surface area contributed by atoms with Crippen LogP contribution in [0, 0.1) is 0 Å². The molecule has 2 aromatic heterocycles. The van der Waals surface area contributed by atoms with Gasteiger partial charge in [-0.1, -0.05) is 5.16 Å². The molecule has 0 aromatic carbocycles. The van der Waals surface area contributed by atoms with Gasteiger partial charge in [0.05, 0.1) is 18.8 Å². The van der Waals surface area contributed by atoms with E-state index < -0.39 is 41.9 Å². The first-order valence-electron chi connectivity index (χ1n) is 11.7. The smallest absolute Gasteiger partial charge is 0.411 e. The number of ether oxygens (including phenoxy) is 2. The van der Waals surface area contributed by atoms with Gasteiger partial charge < -0.3 is 19.3 Å². The monoisotopic (exact) mass is 527 g/mol. The highest BCUT2D eigenvalue weighted by Gasteiger charge is 2.44. The van der Waals surface area contributed by atoms with Crippen LogP contribution in [-0.2, 0) is 15.1 Å². The molecule has 1 aliphatic heterocycles. The molecule has 37 heavy (non-hydrogen) atoms. The molecule has 0 aliphatic carbocycles. The lowest BCUT2D eigenvalue weighted by atomic mass is 9.95. The van der Waals surface area contributed by atoms with Crippen molar-refractivity contribution >= 4 is 12.0 Å². The highest BCUT2D eigenvalue weighted by atomic mass is 19.4. The number of piperazine rings is 1. The summed E-state index contributed by atoms with van der Waals surface area (Å²) in [7, 11) is 1.52. The highest BCUT2D eigenvalue weighted by molar-refractivity contribution is 5.86. The third-order valence-electron chi connectivity index (χ3n) is 5.92. The summed E-state index contributed by atoms with van der Waals surface area (Å²) in [4.78, 5) is 32.8. The molecule has 3 heterocycles. The summed E-state index contributed by atoms with van der Waals surface area (Å²) in [5, 5.41) is 6.02. The average molecular weight is 528 g/mol. The minimum Gasteiger partial charge on any atom is -0.495 e. The number of hydrogen-bond donors (Lipinski definition) is 1. The number of amides is 2. The summed E-state index contributed by atoms with van der Waals surface area (Å²) in [6, 6.07) is 2.27. The first-order valence-corrected chi connectivity index (χ1v) is 11.7. The van der Waals surface area contributed by atoms with Crippen molar-refractivity contribution in [3.8, 4) is 17.0 Å². The van der Waals surface area contributed by atoms with Gasteiger partial charge in [0.2, 0.25) is 5.91 Å². The van der Waals surface area contributed by atoms with E-state index in [9.17, 15) is 22.8 Å². The standard InChI is InChI=1S/C24H32F3N5O5/c1-22(2,3)36-21(34)32-8-7-31(13-18(32)20(33)29-14-24(25,26)27)23(4,5)19-10-17(30-37-19)15-9-16(35-6)12-28-11-15/h9-12,18H,7-8,13-14H2,1-6H3,(H,29,33)/t18-/m0/s1. The topological polar surface area (TPSA) is 110 Å². The Hall–Kier alpha value is -3.35. The molecule has 2 amide bonds.